The molecule has 0 aliphatic rings. The third-order valence-corrected chi connectivity index (χ3v) is 2.09. The third-order valence-electron chi connectivity index (χ3n) is 1.58. The molecule has 1 N–H and O–H groups in total. The van der Waals surface area contributed by atoms with Gasteiger partial charge < -0.3 is 5.32 Å². The first-order valence-corrected chi connectivity index (χ1v) is 5.16. The molecule has 0 aromatic carbocycles. The zero-order valence-corrected chi connectivity index (χ0v) is 8.75. The molecule has 0 radical (unpaired) electrons. The highest BCUT2D eigenvalue weighted by molar-refractivity contribution is 9.09. The van der Waals surface area contributed by atoms with Crippen molar-refractivity contribution in [3.63, 3.8) is 0 Å². The number of amides is 1. The second-order valence-corrected chi connectivity index (χ2v) is 3.16. The minimum absolute atomic E-state index is 0.0175. The van der Waals surface area contributed by atoms with Gasteiger partial charge in [0.25, 0.3) is 0 Å². The van der Waals surface area contributed by atoms with Gasteiger partial charge in [0.15, 0.2) is 0 Å². The number of aromatic nitrogens is 1. The van der Waals surface area contributed by atoms with Gasteiger partial charge >= 0.3 is 0 Å². The highest BCUT2D eigenvalue weighted by atomic mass is 79.9. The van der Waals surface area contributed by atoms with Gasteiger partial charge in [0.2, 0.25) is 5.91 Å². The maximum Gasteiger partial charge on any atom is 0.230 e. The number of hydrogen-bond acceptors (Lipinski definition) is 2. The molecule has 4 heteroatoms. The highest BCUT2D eigenvalue weighted by Crippen LogP contribution is 1.95. The van der Waals surface area contributed by atoms with Gasteiger partial charge in [-0.3, -0.25) is 9.78 Å². The van der Waals surface area contributed by atoms with Crippen LogP contribution >= 0.6 is 15.9 Å². The van der Waals surface area contributed by atoms with E-state index in [9.17, 15) is 4.79 Å². The molecule has 70 valence electrons. The molecule has 1 heterocycles. The van der Waals surface area contributed by atoms with Crippen molar-refractivity contribution in [2.75, 3.05) is 11.9 Å². The number of rotatable bonds is 4. The van der Waals surface area contributed by atoms with Crippen molar-refractivity contribution >= 4 is 21.8 Å². The largest absolute Gasteiger partial charge is 0.355 e. The van der Waals surface area contributed by atoms with Crippen molar-refractivity contribution in [2.45, 2.75) is 6.42 Å². The Bertz CT molecular complexity index is 264. The number of hydrogen-bond donors (Lipinski definition) is 1. The summed E-state index contributed by atoms with van der Waals surface area (Å²) in [4.78, 5) is 14.8. The molecule has 3 nitrogen and oxygen atoms in total. The molecule has 0 bridgehead atoms. The smallest absolute Gasteiger partial charge is 0.230 e. The Morgan fingerprint density at radius 3 is 3.08 bits per heavy atom. The topological polar surface area (TPSA) is 42.0 Å². The first kappa shape index (κ1) is 10.2. The van der Waals surface area contributed by atoms with Crippen molar-refractivity contribution in [2.24, 2.45) is 0 Å². The van der Waals surface area contributed by atoms with Gasteiger partial charge in [-0.15, -0.1) is 0 Å². The van der Waals surface area contributed by atoms with E-state index in [1.54, 1.807) is 12.4 Å². The van der Waals surface area contributed by atoms with E-state index in [1.165, 1.54) is 0 Å². The Hall–Kier alpha value is -0.900. The van der Waals surface area contributed by atoms with Gasteiger partial charge in [-0.05, 0) is 18.1 Å². The lowest BCUT2D eigenvalue weighted by atomic mass is 10.2. The summed E-state index contributed by atoms with van der Waals surface area (Å²) in [6.45, 7) is 0.663. The lowest BCUT2D eigenvalue weighted by Gasteiger charge is -2.01. The Balaban J connectivity index is 2.24. The second kappa shape index (κ2) is 5.70. The van der Waals surface area contributed by atoms with Gasteiger partial charge in [-0.1, -0.05) is 22.0 Å². The van der Waals surface area contributed by atoms with Crippen LogP contribution in [0.3, 0.4) is 0 Å². The van der Waals surface area contributed by atoms with Crippen molar-refractivity contribution < 1.29 is 4.79 Å². The SMILES string of the molecule is O=C(CBr)NCCc1cccnc1. The average molecular weight is 243 g/mol. The summed E-state index contributed by atoms with van der Waals surface area (Å²) in [5.41, 5.74) is 1.14. The molecule has 0 fully saturated rings. The minimum Gasteiger partial charge on any atom is -0.355 e. The van der Waals surface area contributed by atoms with Crippen LogP contribution in [0.4, 0.5) is 0 Å². The predicted octanol–water partition coefficient (Wildman–Crippen LogP) is 1.14. The van der Waals surface area contributed by atoms with Gasteiger partial charge in [0.05, 0.1) is 5.33 Å². The Morgan fingerprint density at radius 2 is 2.46 bits per heavy atom. The quantitative estimate of drug-likeness (QED) is 0.805. The second-order valence-electron chi connectivity index (χ2n) is 2.59. The van der Waals surface area contributed by atoms with Crippen LogP contribution in [0.2, 0.25) is 0 Å². The minimum atomic E-state index is 0.0175. The normalized spacial score (nSPS) is 9.62. The van der Waals surface area contributed by atoms with Crippen molar-refractivity contribution in [1.29, 1.82) is 0 Å². The number of pyridine rings is 1. The van der Waals surface area contributed by atoms with Crippen molar-refractivity contribution in [3.05, 3.63) is 30.1 Å². The first-order chi connectivity index (χ1) is 6.33. The summed E-state index contributed by atoms with van der Waals surface area (Å²) in [7, 11) is 0. The monoisotopic (exact) mass is 242 g/mol. The van der Waals surface area contributed by atoms with E-state index in [0.717, 1.165) is 12.0 Å². The fraction of sp³-hybridized carbons (Fsp3) is 0.333. The van der Waals surface area contributed by atoms with Crippen LogP contribution in [0, 0.1) is 0 Å². The zero-order valence-electron chi connectivity index (χ0n) is 7.16. The maximum absolute atomic E-state index is 10.8. The van der Waals surface area contributed by atoms with E-state index < -0.39 is 0 Å². The van der Waals surface area contributed by atoms with E-state index in [2.05, 4.69) is 26.2 Å². The molecule has 0 saturated carbocycles. The van der Waals surface area contributed by atoms with Crippen LogP contribution in [-0.2, 0) is 11.2 Å². The highest BCUT2D eigenvalue weighted by Gasteiger charge is 1.96. The Morgan fingerprint density at radius 1 is 1.62 bits per heavy atom. The number of nitrogens with zero attached hydrogens (tertiary/aromatic N) is 1. The van der Waals surface area contributed by atoms with Crippen molar-refractivity contribution in [3.8, 4) is 0 Å². The molecular formula is C9H11BrN2O. The van der Waals surface area contributed by atoms with Crippen LogP contribution in [0.1, 0.15) is 5.56 Å². The molecule has 0 saturated heterocycles. The van der Waals surface area contributed by atoms with Gasteiger partial charge in [0, 0.05) is 18.9 Å². The van der Waals surface area contributed by atoms with E-state index in [4.69, 9.17) is 0 Å². The Kier molecular flexibility index (Phi) is 4.46. The third kappa shape index (κ3) is 4.03. The van der Waals surface area contributed by atoms with Gasteiger partial charge in [0.1, 0.15) is 0 Å². The predicted molar refractivity (Wildman–Crippen MR) is 54.7 cm³/mol. The molecule has 1 aromatic rings. The van der Waals surface area contributed by atoms with Gasteiger partial charge in [-0.25, -0.2) is 0 Å². The van der Waals surface area contributed by atoms with E-state index >= 15 is 0 Å². The summed E-state index contributed by atoms with van der Waals surface area (Å²) in [6, 6.07) is 3.88. The summed E-state index contributed by atoms with van der Waals surface area (Å²) < 4.78 is 0. The molecular weight excluding hydrogens is 232 g/mol. The number of carbonyl (C=O) groups excluding carboxylic acids is 1. The van der Waals surface area contributed by atoms with Crippen LogP contribution in [0.5, 0.6) is 0 Å². The number of alkyl halides is 1. The standard InChI is InChI=1S/C9H11BrN2O/c10-6-9(13)12-5-3-8-2-1-4-11-7-8/h1-2,4,7H,3,5-6H2,(H,12,13). The number of carbonyl (C=O) groups is 1. The summed E-state index contributed by atoms with van der Waals surface area (Å²) in [5, 5.41) is 3.13. The van der Waals surface area contributed by atoms with Crippen LogP contribution < -0.4 is 5.32 Å². The van der Waals surface area contributed by atoms with E-state index in [1.807, 2.05) is 12.1 Å². The van der Waals surface area contributed by atoms with Crippen LogP contribution in [0.25, 0.3) is 0 Å². The Labute approximate surface area is 85.7 Å². The van der Waals surface area contributed by atoms with Gasteiger partial charge in [-0.2, -0.15) is 0 Å². The summed E-state index contributed by atoms with van der Waals surface area (Å²) >= 11 is 3.08. The molecule has 0 atom stereocenters. The molecule has 1 aromatic heterocycles. The lowest BCUT2D eigenvalue weighted by molar-refractivity contribution is -0.118. The van der Waals surface area contributed by atoms with E-state index in [-0.39, 0.29) is 5.91 Å². The van der Waals surface area contributed by atoms with Crippen LogP contribution in [-0.4, -0.2) is 22.8 Å². The fourth-order valence-corrected chi connectivity index (χ4v) is 1.14. The molecule has 1 amide bonds. The maximum atomic E-state index is 10.8. The summed E-state index contributed by atoms with van der Waals surface area (Å²) in [5.74, 6) is 0.0175. The molecule has 0 spiro atoms. The number of nitrogens with one attached hydrogen (secondary N) is 1. The van der Waals surface area contributed by atoms with Crippen molar-refractivity contribution in [1.82, 2.24) is 10.3 Å². The molecule has 0 aliphatic heterocycles. The fourth-order valence-electron chi connectivity index (χ4n) is 0.940. The summed E-state index contributed by atoms with van der Waals surface area (Å²) in [6.07, 6.45) is 4.37. The van der Waals surface area contributed by atoms with E-state index in [0.29, 0.717) is 11.9 Å². The number of halogens is 1. The first-order valence-electron chi connectivity index (χ1n) is 4.04. The zero-order chi connectivity index (χ0) is 9.52. The molecule has 0 unspecified atom stereocenters. The lowest BCUT2D eigenvalue weighted by Crippen LogP contribution is -2.26. The molecule has 13 heavy (non-hydrogen) atoms. The molecule has 1 rings (SSSR count). The van der Waals surface area contributed by atoms with Crippen LogP contribution in [0.15, 0.2) is 24.5 Å². The average Bonchev–Trinajstić information content (AvgIpc) is 2.19. The molecule has 0 aliphatic carbocycles.